The van der Waals surface area contributed by atoms with Crippen molar-refractivity contribution in [2.75, 3.05) is 25.1 Å². The van der Waals surface area contributed by atoms with Crippen molar-refractivity contribution in [3.05, 3.63) is 53.9 Å². The van der Waals surface area contributed by atoms with Crippen LogP contribution in [0.4, 0.5) is 5.69 Å². The third-order valence-electron chi connectivity index (χ3n) is 6.98. The summed E-state index contributed by atoms with van der Waals surface area (Å²) < 4.78 is 17.5. The van der Waals surface area contributed by atoms with E-state index >= 15 is 0 Å². The second kappa shape index (κ2) is 10.7. The van der Waals surface area contributed by atoms with E-state index in [0.717, 1.165) is 35.4 Å². The van der Waals surface area contributed by atoms with Crippen molar-refractivity contribution in [2.24, 2.45) is 5.92 Å². The summed E-state index contributed by atoms with van der Waals surface area (Å²) in [5.41, 5.74) is 2.62. The molecule has 5 rings (SSSR count). The van der Waals surface area contributed by atoms with Crippen molar-refractivity contribution in [1.82, 2.24) is 10.3 Å². The summed E-state index contributed by atoms with van der Waals surface area (Å²) in [7, 11) is 0. The fourth-order valence-electron chi connectivity index (χ4n) is 5.15. The van der Waals surface area contributed by atoms with Crippen LogP contribution in [-0.2, 0) is 25.6 Å². The zero-order valence-electron chi connectivity index (χ0n) is 19.5. The normalized spacial score (nSPS) is 25.7. The fourth-order valence-corrected chi connectivity index (χ4v) is 5.15. The number of fused-ring (bicyclic) bond motifs is 3. The molecule has 2 amide bonds. The molecular formula is C26H31N3O6. The smallest absolute Gasteiger partial charge is 0.227 e. The molecule has 0 bridgehead atoms. The number of aromatic nitrogens is 1. The zero-order chi connectivity index (χ0) is 24.2. The number of hydrogen-bond donors (Lipinski definition) is 3. The van der Waals surface area contributed by atoms with Gasteiger partial charge in [-0.25, -0.2) is 0 Å². The van der Waals surface area contributed by atoms with Crippen LogP contribution in [0.1, 0.15) is 42.7 Å². The molecule has 9 heteroatoms. The van der Waals surface area contributed by atoms with E-state index in [9.17, 15) is 14.7 Å². The molecule has 0 spiro atoms. The molecule has 9 nitrogen and oxygen atoms in total. The Morgan fingerprint density at radius 3 is 2.80 bits per heavy atom. The molecule has 35 heavy (non-hydrogen) atoms. The van der Waals surface area contributed by atoms with E-state index < -0.39 is 6.10 Å². The van der Waals surface area contributed by atoms with Crippen LogP contribution < -0.4 is 15.4 Å². The molecule has 1 aromatic heterocycles. The first-order valence-electron chi connectivity index (χ1n) is 12.2. The first-order valence-corrected chi connectivity index (χ1v) is 12.2. The minimum atomic E-state index is -0.530. The summed E-state index contributed by atoms with van der Waals surface area (Å²) >= 11 is 0. The number of carbonyl (C=O) groups is 2. The lowest BCUT2D eigenvalue weighted by atomic mass is 9.84. The van der Waals surface area contributed by atoms with Gasteiger partial charge in [-0.2, -0.15) is 0 Å². The third kappa shape index (κ3) is 5.47. The van der Waals surface area contributed by atoms with Crippen LogP contribution in [0.2, 0.25) is 0 Å². The molecular weight excluding hydrogens is 450 g/mol. The molecule has 2 fully saturated rings. The van der Waals surface area contributed by atoms with Gasteiger partial charge in [-0.05, 0) is 49.1 Å². The van der Waals surface area contributed by atoms with E-state index in [2.05, 4.69) is 15.6 Å². The van der Waals surface area contributed by atoms with Crippen molar-refractivity contribution < 1.29 is 28.9 Å². The van der Waals surface area contributed by atoms with E-state index in [1.165, 1.54) is 0 Å². The van der Waals surface area contributed by atoms with Crippen LogP contribution in [0.5, 0.6) is 5.75 Å². The van der Waals surface area contributed by atoms with E-state index in [4.69, 9.17) is 14.2 Å². The van der Waals surface area contributed by atoms with Crippen molar-refractivity contribution in [2.45, 2.75) is 56.5 Å². The number of nitrogens with zero attached hydrogens (tertiary/aromatic N) is 1. The molecule has 4 heterocycles. The first kappa shape index (κ1) is 23.7. The maximum Gasteiger partial charge on any atom is 0.227 e. The highest BCUT2D eigenvalue weighted by Gasteiger charge is 2.46. The van der Waals surface area contributed by atoms with Gasteiger partial charge < -0.3 is 30.0 Å². The number of anilines is 1. The number of aliphatic hydroxyl groups excluding tert-OH is 1. The van der Waals surface area contributed by atoms with Gasteiger partial charge in [0.1, 0.15) is 18.0 Å². The van der Waals surface area contributed by atoms with Crippen LogP contribution in [0, 0.1) is 5.92 Å². The second-order valence-electron chi connectivity index (χ2n) is 9.37. The quantitative estimate of drug-likeness (QED) is 0.554. The standard InChI is InChI=1S/C26H31N3O6/c30-15-23-25-21(11-19(34-23)12-24(31)28-14-16-2-1-7-27-13-16)20-10-18(3-4-22(20)35-25)29-26(32)17-5-8-33-9-6-17/h1-4,7,10,13,17,19,21,23,25,30H,5-6,8-9,11-12,14-15H2,(H,28,31)(H,29,32)/t19-,21-,23+,25+/m0/s1. The Balaban J connectivity index is 1.24. The number of ether oxygens (including phenoxy) is 3. The number of nitrogens with one attached hydrogen (secondary N) is 2. The van der Waals surface area contributed by atoms with Gasteiger partial charge >= 0.3 is 0 Å². The molecule has 3 aliphatic heterocycles. The van der Waals surface area contributed by atoms with Gasteiger partial charge in [0.05, 0.1) is 19.1 Å². The Labute approximate surface area is 204 Å². The number of aliphatic hydroxyl groups is 1. The number of rotatable bonds is 7. The van der Waals surface area contributed by atoms with Gasteiger partial charge in [0, 0.05) is 55.2 Å². The SMILES string of the molecule is O=C(C[C@@H]1C[C@H]2c3cc(NC(=O)C4CCOCC4)ccc3O[C@H]2[C@@H](CO)O1)NCc1cccnc1. The largest absolute Gasteiger partial charge is 0.487 e. The predicted octanol–water partition coefficient (Wildman–Crippen LogP) is 2.15. The second-order valence-corrected chi connectivity index (χ2v) is 9.37. The molecule has 3 N–H and O–H groups in total. The number of carbonyl (C=O) groups excluding carboxylic acids is 2. The summed E-state index contributed by atoms with van der Waals surface area (Å²) in [6.07, 6.45) is 4.43. The van der Waals surface area contributed by atoms with Crippen molar-refractivity contribution in [3.63, 3.8) is 0 Å². The lowest BCUT2D eigenvalue weighted by Gasteiger charge is -2.37. The molecule has 2 aromatic rings. The maximum atomic E-state index is 12.7. The van der Waals surface area contributed by atoms with Crippen LogP contribution in [0.3, 0.4) is 0 Å². The Bertz CT molecular complexity index is 1040. The minimum Gasteiger partial charge on any atom is -0.487 e. The van der Waals surface area contributed by atoms with Crippen LogP contribution in [-0.4, -0.2) is 60.0 Å². The Kier molecular flexibility index (Phi) is 7.26. The monoisotopic (exact) mass is 481 g/mol. The maximum absolute atomic E-state index is 12.7. The van der Waals surface area contributed by atoms with Crippen molar-refractivity contribution in [3.8, 4) is 5.75 Å². The Hall–Kier alpha value is -3.01. The van der Waals surface area contributed by atoms with Crippen LogP contribution in [0.25, 0.3) is 0 Å². The predicted molar refractivity (Wildman–Crippen MR) is 127 cm³/mol. The average Bonchev–Trinajstić information content (AvgIpc) is 3.26. The summed E-state index contributed by atoms with van der Waals surface area (Å²) in [6, 6.07) is 9.39. The number of hydrogen-bond acceptors (Lipinski definition) is 7. The Morgan fingerprint density at radius 1 is 1.17 bits per heavy atom. The molecule has 0 radical (unpaired) electrons. The van der Waals surface area contributed by atoms with Gasteiger partial charge in [-0.15, -0.1) is 0 Å². The zero-order valence-corrected chi connectivity index (χ0v) is 19.5. The molecule has 1 aromatic carbocycles. The van der Waals surface area contributed by atoms with Crippen LogP contribution >= 0.6 is 0 Å². The number of benzene rings is 1. The number of amides is 2. The van der Waals surface area contributed by atoms with Gasteiger partial charge in [0.25, 0.3) is 0 Å². The molecule has 3 aliphatic rings. The highest BCUT2D eigenvalue weighted by Crippen LogP contribution is 2.47. The molecule has 2 saturated heterocycles. The van der Waals surface area contributed by atoms with Gasteiger partial charge in [0.15, 0.2) is 0 Å². The summed E-state index contributed by atoms with van der Waals surface area (Å²) in [4.78, 5) is 29.3. The summed E-state index contributed by atoms with van der Waals surface area (Å²) in [5.74, 6) is 0.537. The number of pyridine rings is 1. The highest BCUT2D eigenvalue weighted by atomic mass is 16.6. The van der Waals surface area contributed by atoms with E-state index in [1.54, 1.807) is 12.4 Å². The van der Waals surface area contributed by atoms with Crippen molar-refractivity contribution >= 4 is 17.5 Å². The van der Waals surface area contributed by atoms with E-state index in [1.807, 2.05) is 30.3 Å². The highest BCUT2D eigenvalue weighted by molar-refractivity contribution is 5.92. The topological polar surface area (TPSA) is 119 Å². The fraction of sp³-hybridized carbons (Fsp3) is 0.500. The van der Waals surface area contributed by atoms with Crippen LogP contribution in [0.15, 0.2) is 42.7 Å². The lowest BCUT2D eigenvalue weighted by Crippen LogP contribution is -2.47. The van der Waals surface area contributed by atoms with E-state index in [0.29, 0.717) is 26.2 Å². The lowest BCUT2D eigenvalue weighted by molar-refractivity contribution is -0.142. The average molecular weight is 482 g/mol. The van der Waals surface area contributed by atoms with Crippen molar-refractivity contribution in [1.29, 1.82) is 0 Å². The molecule has 0 saturated carbocycles. The summed E-state index contributed by atoms with van der Waals surface area (Å²) in [6.45, 7) is 1.42. The van der Waals surface area contributed by atoms with Gasteiger partial charge in [0.2, 0.25) is 11.8 Å². The molecule has 186 valence electrons. The molecule has 0 unspecified atom stereocenters. The minimum absolute atomic E-state index is 0.00657. The third-order valence-corrected chi connectivity index (χ3v) is 6.98. The van der Waals surface area contributed by atoms with Gasteiger partial charge in [-0.3, -0.25) is 14.6 Å². The Morgan fingerprint density at radius 2 is 2.03 bits per heavy atom. The van der Waals surface area contributed by atoms with E-state index in [-0.39, 0.29) is 48.9 Å². The summed E-state index contributed by atoms with van der Waals surface area (Å²) in [5, 5.41) is 15.9. The molecule has 0 aliphatic carbocycles. The molecule has 4 atom stereocenters. The van der Waals surface area contributed by atoms with Gasteiger partial charge in [-0.1, -0.05) is 6.07 Å². The first-order chi connectivity index (χ1) is 17.1.